The Labute approximate surface area is 146 Å². The highest BCUT2D eigenvalue weighted by atomic mass is 32.2. The number of thioether (sulfide) groups is 1. The summed E-state index contributed by atoms with van der Waals surface area (Å²) in [5, 5.41) is 19.8. The van der Waals surface area contributed by atoms with Gasteiger partial charge in [0, 0.05) is 37.5 Å². The molecule has 1 saturated heterocycles. The lowest BCUT2D eigenvalue weighted by atomic mass is 10.2. The molecular formula is C17H24N4O2S. The molecule has 0 spiro atoms. The normalized spacial score (nSPS) is 17.1. The van der Waals surface area contributed by atoms with E-state index in [1.165, 1.54) is 0 Å². The Morgan fingerprint density at radius 3 is 2.67 bits per heavy atom. The molecule has 2 aromatic rings. The van der Waals surface area contributed by atoms with E-state index in [-0.39, 0.29) is 6.10 Å². The van der Waals surface area contributed by atoms with Crippen LogP contribution in [0, 0.1) is 0 Å². The Kier molecular flexibility index (Phi) is 6.25. The first kappa shape index (κ1) is 17.4. The van der Waals surface area contributed by atoms with Gasteiger partial charge in [0.2, 0.25) is 0 Å². The van der Waals surface area contributed by atoms with Crippen LogP contribution in [0.5, 0.6) is 0 Å². The molecule has 1 atom stereocenters. The van der Waals surface area contributed by atoms with Crippen LogP contribution < -0.4 is 0 Å². The van der Waals surface area contributed by atoms with Crippen LogP contribution in [0.25, 0.3) is 11.4 Å². The van der Waals surface area contributed by atoms with Crippen molar-refractivity contribution >= 4 is 11.8 Å². The van der Waals surface area contributed by atoms with Crippen LogP contribution in [-0.4, -0.2) is 69.5 Å². The average Bonchev–Trinajstić information content (AvgIpc) is 3.04. The average molecular weight is 348 g/mol. The third kappa shape index (κ3) is 4.36. The van der Waals surface area contributed by atoms with Crippen LogP contribution >= 0.6 is 11.8 Å². The molecule has 130 valence electrons. The number of aromatic nitrogens is 3. The number of aliphatic hydroxyl groups excluding tert-OH is 1. The van der Waals surface area contributed by atoms with Crippen LogP contribution in [0.4, 0.5) is 0 Å². The first-order valence-electron chi connectivity index (χ1n) is 8.37. The van der Waals surface area contributed by atoms with Gasteiger partial charge in [-0.25, -0.2) is 0 Å². The molecule has 1 aromatic carbocycles. The summed E-state index contributed by atoms with van der Waals surface area (Å²) in [5.74, 6) is 1.49. The van der Waals surface area contributed by atoms with E-state index in [1.807, 2.05) is 30.3 Å². The fourth-order valence-electron chi connectivity index (χ4n) is 2.79. The van der Waals surface area contributed by atoms with Crippen molar-refractivity contribution in [3.05, 3.63) is 30.3 Å². The fraction of sp³-hybridized carbons (Fsp3) is 0.529. The van der Waals surface area contributed by atoms with E-state index in [4.69, 9.17) is 4.74 Å². The van der Waals surface area contributed by atoms with Gasteiger partial charge in [-0.2, -0.15) is 0 Å². The minimum absolute atomic E-state index is 0.379. The lowest BCUT2D eigenvalue weighted by Crippen LogP contribution is -2.41. The van der Waals surface area contributed by atoms with Gasteiger partial charge in [0.1, 0.15) is 0 Å². The molecule has 0 unspecified atom stereocenters. The number of benzene rings is 1. The minimum atomic E-state index is -0.379. The molecule has 2 heterocycles. The van der Waals surface area contributed by atoms with Gasteiger partial charge in [-0.15, -0.1) is 10.2 Å². The van der Waals surface area contributed by atoms with E-state index in [9.17, 15) is 5.11 Å². The zero-order chi connectivity index (χ0) is 16.8. The van der Waals surface area contributed by atoms with Crippen molar-refractivity contribution in [3.63, 3.8) is 0 Å². The molecule has 3 rings (SSSR count). The fourth-order valence-corrected chi connectivity index (χ4v) is 3.70. The lowest BCUT2D eigenvalue weighted by molar-refractivity contribution is 0.0188. The second-order valence-electron chi connectivity index (χ2n) is 5.79. The predicted molar refractivity (Wildman–Crippen MR) is 95.1 cm³/mol. The number of hydrogen-bond acceptors (Lipinski definition) is 6. The van der Waals surface area contributed by atoms with Gasteiger partial charge in [0.25, 0.3) is 0 Å². The van der Waals surface area contributed by atoms with Crippen LogP contribution in [-0.2, 0) is 11.3 Å². The third-order valence-electron chi connectivity index (χ3n) is 4.04. The largest absolute Gasteiger partial charge is 0.391 e. The second kappa shape index (κ2) is 8.62. The van der Waals surface area contributed by atoms with Gasteiger partial charge in [-0.3, -0.25) is 4.90 Å². The molecule has 1 aliphatic heterocycles. The molecule has 0 aliphatic carbocycles. The maximum atomic E-state index is 10.3. The van der Waals surface area contributed by atoms with Crippen LogP contribution in [0.15, 0.2) is 35.5 Å². The Hall–Kier alpha value is -1.41. The molecule has 1 fully saturated rings. The zero-order valence-corrected chi connectivity index (χ0v) is 14.8. The zero-order valence-electron chi connectivity index (χ0n) is 14.0. The van der Waals surface area contributed by atoms with Gasteiger partial charge < -0.3 is 14.4 Å². The molecule has 0 amide bonds. The highest BCUT2D eigenvalue weighted by Crippen LogP contribution is 2.24. The number of morpholine rings is 1. The number of ether oxygens (including phenoxy) is 1. The van der Waals surface area contributed by atoms with E-state index < -0.39 is 0 Å². The van der Waals surface area contributed by atoms with Crippen LogP contribution in [0.1, 0.15) is 6.92 Å². The summed E-state index contributed by atoms with van der Waals surface area (Å²) in [6, 6.07) is 10.1. The molecule has 1 N–H and O–H groups in total. The molecular weight excluding hydrogens is 324 g/mol. The van der Waals surface area contributed by atoms with Crippen molar-refractivity contribution in [2.75, 3.05) is 38.6 Å². The topological polar surface area (TPSA) is 63.4 Å². The molecule has 1 aliphatic rings. The van der Waals surface area contributed by atoms with E-state index in [0.29, 0.717) is 12.3 Å². The van der Waals surface area contributed by atoms with Crippen molar-refractivity contribution in [2.45, 2.75) is 24.7 Å². The highest BCUT2D eigenvalue weighted by Gasteiger charge is 2.17. The van der Waals surface area contributed by atoms with Gasteiger partial charge >= 0.3 is 0 Å². The Morgan fingerprint density at radius 1 is 1.21 bits per heavy atom. The quantitative estimate of drug-likeness (QED) is 0.769. The highest BCUT2D eigenvalue weighted by molar-refractivity contribution is 7.99. The number of β-amino-alcohol motifs (C(OH)–C–C–N with tert-alkyl or cyclic N) is 1. The number of nitrogens with zero attached hydrogens (tertiary/aromatic N) is 4. The van der Waals surface area contributed by atoms with E-state index in [0.717, 1.165) is 49.4 Å². The summed E-state index contributed by atoms with van der Waals surface area (Å²) < 4.78 is 7.43. The predicted octanol–water partition coefficient (Wildman–Crippen LogP) is 1.75. The van der Waals surface area contributed by atoms with E-state index >= 15 is 0 Å². The summed E-state index contributed by atoms with van der Waals surface area (Å²) in [4.78, 5) is 2.24. The van der Waals surface area contributed by atoms with Gasteiger partial charge in [0.05, 0.1) is 19.3 Å². The Bertz CT molecular complexity index is 629. The Balaban J connectivity index is 1.60. The van der Waals surface area contributed by atoms with Crippen molar-refractivity contribution < 1.29 is 9.84 Å². The summed E-state index contributed by atoms with van der Waals surface area (Å²) >= 11 is 1.57. The smallest absolute Gasteiger partial charge is 0.191 e. The summed E-state index contributed by atoms with van der Waals surface area (Å²) in [5.41, 5.74) is 1.06. The maximum absolute atomic E-state index is 10.3. The standard InChI is InChI=1S/C17H24N4O2S/c1-2-21-16(14-6-4-3-5-7-14)18-19-17(21)24-13-15(22)12-20-8-10-23-11-9-20/h3-7,15,22H,2,8-13H2,1H3/t15-/m0/s1. The molecule has 1 aromatic heterocycles. The SMILES string of the molecule is CCn1c(SC[C@@H](O)CN2CCOCC2)nnc1-c1ccccc1. The third-order valence-corrected chi connectivity index (χ3v) is 5.15. The first-order valence-corrected chi connectivity index (χ1v) is 9.36. The maximum Gasteiger partial charge on any atom is 0.191 e. The number of aliphatic hydroxyl groups is 1. The molecule has 0 saturated carbocycles. The summed E-state index contributed by atoms with van der Waals surface area (Å²) in [6.45, 7) is 6.87. The minimum Gasteiger partial charge on any atom is -0.391 e. The molecule has 24 heavy (non-hydrogen) atoms. The lowest BCUT2D eigenvalue weighted by Gasteiger charge is -2.28. The van der Waals surface area contributed by atoms with Crippen molar-refractivity contribution in [1.29, 1.82) is 0 Å². The van der Waals surface area contributed by atoms with Crippen LogP contribution in [0.2, 0.25) is 0 Å². The van der Waals surface area contributed by atoms with Crippen molar-refractivity contribution in [3.8, 4) is 11.4 Å². The van der Waals surface area contributed by atoms with Gasteiger partial charge in [0.15, 0.2) is 11.0 Å². The monoisotopic (exact) mass is 348 g/mol. The number of hydrogen-bond donors (Lipinski definition) is 1. The van der Waals surface area contributed by atoms with Gasteiger partial charge in [-0.1, -0.05) is 42.1 Å². The first-order chi connectivity index (χ1) is 11.8. The molecule has 7 heteroatoms. The van der Waals surface area contributed by atoms with Crippen molar-refractivity contribution in [1.82, 2.24) is 19.7 Å². The molecule has 6 nitrogen and oxygen atoms in total. The Morgan fingerprint density at radius 2 is 1.96 bits per heavy atom. The van der Waals surface area contributed by atoms with E-state index in [1.54, 1.807) is 11.8 Å². The van der Waals surface area contributed by atoms with E-state index in [2.05, 4.69) is 26.6 Å². The summed E-state index contributed by atoms with van der Waals surface area (Å²) in [7, 11) is 0. The molecule has 0 radical (unpaired) electrons. The van der Waals surface area contributed by atoms with Crippen molar-refractivity contribution in [2.24, 2.45) is 0 Å². The summed E-state index contributed by atoms with van der Waals surface area (Å²) in [6.07, 6.45) is -0.379. The molecule has 0 bridgehead atoms. The second-order valence-corrected chi connectivity index (χ2v) is 6.78. The number of rotatable bonds is 7. The van der Waals surface area contributed by atoms with Gasteiger partial charge in [-0.05, 0) is 6.92 Å². The van der Waals surface area contributed by atoms with Crippen LogP contribution in [0.3, 0.4) is 0 Å².